The van der Waals surface area contributed by atoms with E-state index in [0.717, 1.165) is 5.54 Å². The van der Waals surface area contributed by atoms with Crippen LogP contribution in [0, 0.1) is 0 Å². The third-order valence-electron chi connectivity index (χ3n) is 2.02. The van der Waals surface area contributed by atoms with Gasteiger partial charge >= 0.3 is 0 Å². The zero-order chi connectivity index (χ0) is 8.27. The summed E-state index contributed by atoms with van der Waals surface area (Å²) in [5, 5.41) is 0. The molecule has 1 aliphatic carbocycles. The Kier molecular flexibility index (Phi) is 2.89. The van der Waals surface area contributed by atoms with Crippen LogP contribution in [0.5, 0.6) is 0 Å². The Morgan fingerprint density at radius 2 is 2.18 bits per heavy atom. The van der Waals surface area contributed by atoms with E-state index < -0.39 is 8.80 Å². The van der Waals surface area contributed by atoms with E-state index >= 15 is 0 Å². The molecular weight excluding hydrogens is 148 g/mol. The first-order valence-electron chi connectivity index (χ1n) is 4.26. The molecule has 0 aromatic carbocycles. The molecule has 1 heteroatoms. The van der Waals surface area contributed by atoms with Crippen LogP contribution >= 0.6 is 0 Å². The fraction of sp³-hybridized carbons (Fsp3) is 0.400. The van der Waals surface area contributed by atoms with Crippen molar-refractivity contribution in [2.75, 3.05) is 0 Å². The number of allylic oxidation sites excluding steroid dienone is 6. The highest BCUT2D eigenvalue weighted by molar-refractivity contribution is 6.58. The Hall–Kier alpha value is -0.563. The lowest BCUT2D eigenvalue weighted by molar-refractivity contribution is 1.35. The molecule has 1 aliphatic rings. The molecular formula is C10H16Si. The topological polar surface area (TPSA) is 0 Å². The molecule has 0 aromatic heterocycles. The van der Waals surface area contributed by atoms with E-state index in [2.05, 4.69) is 50.4 Å². The van der Waals surface area contributed by atoms with Gasteiger partial charge in [0.15, 0.2) is 0 Å². The van der Waals surface area contributed by atoms with Gasteiger partial charge in [0.25, 0.3) is 0 Å². The molecule has 0 N–H and O–H groups in total. The minimum Gasteiger partial charge on any atom is -0.0871 e. The fourth-order valence-corrected chi connectivity index (χ4v) is 2.44. The van der Waals surface area contributed by atoms with Crippen LogP contribution < -0.4 is 0 Å². The van der Waals surface area contributed by atoms with Gasteiger partial charge in [-0.1, -0.05) is 43.5 Å². The highest BCUT2D eigenvalue weighted by Crippen LogP contribution is 2.24. The van der Waals surface area contributed by atoms with Crippen molar-refractivity contribution in [2.45, 2.75) is 25.6 Å². The van der Waals surface area contributed by atoms with Gasteiger partial charge in [-0.15, -0.1) is 0 Å². The Morgan fingerprint density at radius 3 is 2.64 bits per heavy atom. The molecule has 0 heterocycles. The van der Waals surface area contributed by atoms with Gasteiger partial charge < -0.3 is 0 Å². The monoisotopic (exact) mass is 164 g/mol. The smallest absolute Gasteiger partial charge is 0.0428 e. The van der Waals surface area contributed by atoms with E-state index in [1.807, 2.05) is 0 Å². The maximum absolute atomic E-state index is 2.39. The van der Waals surface area contributed by atoms with Crippen LogP contribution in [0.4, 0.5) is 0 Å². The lowest BCUT2D eigenvalue weighted by Gasteiger charge is -2.05. The Morgan fingerprint density at radius 1 is 1.45 bits per heavy atom. The molecule has 0 fully saturated rings. The third kappa shape index (κ3) is 2.19. The first-order chi connectivity index (χ1) is 5.24. The molecule has 0 aromatic rings. The maximum Gasteiger partial charge on any atom is 0.0428 e. The van der Waals surface area contributed by atoms with Crippen LogP contribution in [0.2, 0.25) is 18.6 Å². The summed E-state index contributed by atoms with van der Waals surface area (Å²) in [6, 6.07) is 0. The van der Waals surface area contributed by atoms with E-state index in [1.54, 1.807) is 0 Å². The maximum atomic E-state index is 2.39. The van der Waals surface area contributed by atoms with Crippen molar-refractivity contribution in [2.24, 2.45) is 0 Å². The highest BCUT2D eigenvalue weighted by Gasteiger charge is 2.11. The van der Waals surface area contributed by atoms with Gasteiger partial charge in [-0.3, -0.25) is 0 Å². The van der Waals surface area contributed by atoms with Crippen molar-refractivity contribution in [3.05, 3.63) is 36.0 Å². The fourth-order valence-electron chi connectivity index (χ4n) is 1.27. The summed E-state index contributed by atoms with van der Waals surface area (Å²) in [7, 11) is -0.484. The average molecular weight is 164 g/mol. The average Bonchev–Trinajstić information content (AvgIpc) is 2.37. The molecule has 0 nitrogen and oxygen atoms in total. The van der Waals surface area contributed by atoms with Crippen molar-refractivity contribution in [3.8, 4) is 0 Å². The van der Waals surface area contributed by atoms with Gasteiger partial charge in [0.1, 0.15) is 0 Å². The van der Waals surface area contributed by atoms with E-state index in [0.29, 0.717) is 0 Å². The molecule has 0 bridgehead atoms. The van der Waals surface area contributed by atoms with E-state index in [9.17, 15) is 0 Å². The van der Waals surface area contributed by atoms with Crippen molar-refractivity contribution >= 4 is 8.80 Å². The van der Waals surface area contributed by atoms with Crippen LogP contribution in [0.3, 0.4) is 0 Å². The molecule has 0 spiro atoms. The molecule has 0 saturated carbocycles. The zero-order valence-corrected chi connectivity index (χ0v) is 8.70. The Bertz CT molecular complexity index is 209. The number of hydrogen-bond acceptors (Lipinski definition) is 0. The normalized spacial score (nSPS) is 23.6. The van der Waals surface area contributed by atoms with Crippen LogP contribution in [0.1, 0.15) is 6.92 Å². The molecule has 0 saturated heterocycles. The van der Waals surface area contributed by atoms with Gasteiger partial charge in [0.2, 0.25) is 0 Å². The summed E-state index contributed by atoms with van der Waals surface area (Å²) < 4.78 is 0. The molecule has 1 unspecified atom stereocenters. The first kappa shape index (κ1) is 8.53. The molecule has 1 rings (SSSR count). The number of hydrogen-bond donors (Lipinski definition) is 0. The third-order valence-corrected chi connectivity index (χ3v) is 3.98. The molecule has 11 heavy (non-hydrogen) atoms. The standard InChI is InChI=1S/C10H16Si/c1-4-5-9-6-7-10(8-9)11(2)3/h4-8,10-11H,1-3H3. The second-order valence-electron chi connectivity index (χ2n) is 3.35. The lowest BCUT2D eigenvalue weighted by Crippen LogP contribution is -2.05. The van der Waals surface area contributed by atoms with Crippen LogP contribution in [0.25, 0.3) is 0 Å². The van der Waals surface area contributed by atoms with Gasteiger partial charge in [-0.2, -0.15) is 0 Å². The van der Waals surface area contributed by atoms with E-state index in [-0.39, 0.29) is 0 Å². The van der Waals surface area contributed by atoms with Gasteiger partial charge in [0.05, 0.1) is 0 Å². The summed E-state index contributed by atoms with van der Waals surface area (Å²) in [4.78, 5) is 0. The predicted molar refractivity (Wildman–Crippen MR) is 54.7 cm³/mol. The second kappa shape index (κ2) is 3.72. The van der Waals surface area contributed by atoms with E-state index in [4.69, 9.17) is 0 Å². The van der Waals surface area contributed by atoms with Crippen molar-refractivity contribution in [1.82, 2.24) is 0 Å². The van der Waals surface area contributed by atoms with Gasteiger partial charge in [-0.25, -0.2) is 0 Å². The van der Waals surface area contributed by atoms with Crippen molar-refractivity contribution in [1.29, 1.82) is 0 Å². The highest BCUT2D eigenvalue weighted by atomic mass is 28.3. The quantitative estimate of drug-likeness (QED) is 0.550. The van der Waals surface area contributed by atoms with Crippen molar-refractivity contribution in [3.63, 3.8) is 0 Å². The molecule has 0 radical (unpaired) electrons. The SMILES string of the molecule is CC=CC1=CC([SiH](C)C)C=C1. The summed E-state index contributed by atoms with van der Waals surface area (Å²) in [6.45, 7) is 6.85. The summed E-state index contributed by atoms with van der Waals surface area (Å²) in [5.74, 6) is 0. The van der Waals surface area contributed by atoms with Gasteiger partial charge in [0, 0.05) is 8.80 Å². The second-order valence-corrected chi connectivity index (χ2v) is 6.60. The molecule has 0 aliphatic heterocycles. The van der Waals surface area contributed by atoms with Crippen LogP contribution in [0.15, 0.2) is 36.0 Å². The summed E-state index contributed by atoms with van der Waals surface area (Å²) in [6.07, 6.45) is 11.2. The van der Waals surface area contributed by atoms with Crippen LogP contribution in [-0.4, -0.2) is 8.80 Å². The van der Waals surface area contributed by atoms with Crippen molar-refractivity contribution < 1.29 is 0 Å². The minimum atomic E-state index is -0.484. The summed E-state index contributed by atoms with van der Waals surface area (Å²) >= 11 is 0. The predicted octanol–water partition coefficient (Wildman–Crippen LogP) is 2.92. The Balaban J connectivity index is 2.63. The zero-order valence-electron chi connectivity index (χ0n) is 7.54. The molecule has 1 atom stereocenters. The van der Waals surface area contributed by atoms with E-state index in [1.165, 1.54) is 5.57 Å². The first-order valence-corrected chi connectivity index (χ1v) is 7.24. The lowest BCUT2D eigenvalue weighted by atomic mass is 10.3. The van der Waals surface area contributed by atoms with Crippen LogP contribution in [-0.2, 0) is 0 Å². The summed E-state index contributed by atoms with van der Waals surface area (Å²) in [5.41, 5.74) is 2.18. The Labute approximate surface area is 70.9 Å². The minimum absolute atomic E-state index is 0.484. The molecule has 60 valence electrons. The molecule has 0 amide bonds. The van der Waals surface area contributed by atoms with Gasteiger partial charge in [-0.05, 0) is 18.0 Å². The largest absolute Gasteiger partial charge is 0.0871 e. The number of rotatable bonds is 2.